The van der Waals surface area contributed by atoms with Crippen molar-refractivity contribution in [2.45, 2.75) is 13.2 Å². The van der Waals surface area contributed by atoms with E-state index in [1.807, 2.05) is 60.7 Å². The second-order valence-corrected chi connectivity index (χ2v) is 10.1. The van der Waals surface area contributed by atoms with Crippen LogP contribution in [0.3, 0.4) is 0 Å². The zero-order valence-corrected chi connectivity index (χ0v) is 23.3. The SMILES string of the molecule is O=C(OCc1ccccc1)c1ccc(-c2nc3cc4oc(-c5ccc(C(=O)OCc6ccccc6)cc5)nc4cc3o2)cc1. The van der Waals surface area contributed by atoms with Crippen LogP contribution in [-0.4, -0.2) is 21.9 Å². The van der Waals surface area contributed by atoms with E-state index < -0.39 is 11.9 Å². The number of nitrogens with zero attached hydrogens (tertiary/aromatic N) is 2. The summed E-state index contributed by atoms with van der Waals surface area (Å²) in [7, 11) is 0. The fourth-order valence-electron chi connectivity index (χ4n) is 4.71. The molecular weight excluding hydrogens is 556 g/mol. The summed E-state index contributed by atoms with van der Waals surface area (Å²) in [5, 5.41) is 0. The molecule has 8 heteroatoms. The first kappa shape index (κ1) is 26.9. The summed E-state index contributed by atoms with van der Waals surface area (Å²) >= 11 is 0. The summed E-state index contributed by atoms with van der Waals surface area (Å²) in [6, 6.07) is 36.4. The Morgan fingerprint density at radius 2 is 0.909 bits per heavy atom. The van der Waals surface area contributed by atoms with E-state index in [-0.39, 0.29) is 13.2 Å². The smallest absolute Gasteiger partial charge is 0.338 e. The average Bonchev–Trinajstić information content (AvgIpc) is 3.69. The van der Waals surface area contributed by atoms with E-state index in [1.54, 1.807) is 60.7 Å². The maximum Gasteiger partial charge on any atom is 0.338 e. The molecule has 0 unspecified atom stereocenters. The molecular formula is C36H24N2O6. The monoisotopic (exact) mass is 580 g/mol. The normalized spacial score (nSPS) is 11.1. The highest BCUT2D eigenvalue weighted by molar-refractivity contribution is 5.93. The molecule has 0 fully saturated rings. The second-order valence-electron chi connectivity index (χ2n) is 10.1. The number of carbonyl (C=O) groups excluding carboxylic acids is 2. The molecule has 0 saturated carbocycles. The van der Waals surface area contributed by atoms with E-state index in [1.165, 1.54) is 0 Å². The molecule has 0 aliphatic rings. The molecule has 0 aliphatic heterocycles. The summed E-state index contributed by atoms with van der Waals surface area (Å²) < 4.78 is 22.9. The van der Waals surface area contributed by atoms with Gasteiger partial charge in [-0.1, -0.05) is 60.7 Å². The Morgan fingerprint density at radius 3 is 1.30 bits per heavy atom. The number of aromatic nitrogens is 2. The van der Waals surface area contributed by atoms with Gasteiger partial charge in [-0.2, -0.15) is 0 Å². The van der Waals surface area contributed by atoms with E-state index in [9.17, 15) is 9.59 Å². The van der Waals surface area contributed by atoms with Crippen molar-refractivity contribution in [1.82, 2.24) is 9.97 Å². The molecule has 7 rings (SSSR count). The van der Waals surface area contributed by atoms with Gasteiger partial charge in [0.2, 0.25) is 11.8 Å². The first-order chi connectivity index (χ1) is 21.6. The van der Waals surface area contributed by atoms with Crippen LogP contribution >= 0.6 is 0 Å². The van der Waals surface area contributed by atoms with Crippen molar-refractivity contribution >= 4 is 34.1 Å². The predicted molar refractivity (Wildman–Crippen MR) is 164 cm³/mol. The number of hydrogen-bond donors (Lipinski definition) is 0. The zero-order chi connectivity index (χ0) is 29.9. The van der Waals surface area contributed by atoms with Gasteiger partial charge in [0.15, 0.2) is 11.2 Å². The molecule has 2 heterocycles. The standard InChI is InChI=1S/C36H24N2O6/c39-35(41-21-23-7-3-1-4-8-23)27-15-11-25(12-16-27)33-37-29-19-32-30(20-31(29)43-33)38-34(44-32)26-13-17-28(18-14-26)36(40)42-22-24-9-5-2-6-10-24/h1-20H,21-22H2. The molecule has 0 spiro atoms. The topological polar surface area (TPSA) is 105 Å². The van der Waals surface area contributed by atoms with Crippen LogP contribution in [0.4, 0.5) is 0 Å². The van der Waals surface area contributed by atoms with Gasteiger partial charge in [-0.25, -0.2) is 19.6 Å². The number of hydrogen-bond acceptors (Lipinski definition) is 8. The Hall–Kier alpha value is -6.02. The minimum Gasteiger partial charge on any atom is -0.457 e. The molecule has 0 atom stereocenters. The lowest BCUT2D eigenvalue weighted by Gasteiger charge is -2.05. The fraction of sp³-hybridized carbons (Fsp3) is 0.0556. The molecule has 0 bridgehead atoms. The number of rotatable bonds is 8. The van der Waals surface area contributed by atoms with Gasteiger partial charge in [-0.15, -0.1) is 0 Å². The lowest BCUT2D eigenvalue weighted by Crippen LogP contribution is -2.05. The molecule has 2 aromatic heterocycles. The van der Waals surface area contributed by atoms with Gasteiger partial charge >= 0.3 is 11.9 Å². The van der Waals surface area contributed by atoms with Crippen LogP contribution in [0.2, 0.25) is 0 Å². The Labute approximate surface area is 251 Å². The summed E-state index contributed by atoms with van der Waals surface area (Å²) in [6.07, 6.45) is 0. The van der Waals surface area contributed by atoms with Crippen molar-refractivity contribution < 1.29 is 27.9 Å². The van der Waals surface area contributed by atoms with E-state index in [4.69, 9.17) is 18.3 Å². The highest BCUT2D eigenvalue weighted by Gasteiger charge is 2.16. The largest absolute Gasteiger partial charge is 0.457 e. The second kappa shape index (κ2) is 11.7. The Balaban J connectivity index is 1.03. The van der Waals surface area contributed by atoms with E-state index in [0.717, 1.165) is 11.1 Å². The number of oxazole rings is 2. The molecule has 0 amide bonds. The number of ether oxygens (including phenoxy) is 2. The number of fused-ring (bicyclic) bond motifs is 2. The van der Waals surface area contributed by atoms with Crippen LogP contribution in [0.1, 0.15) is 31.8 Å². The van der Waals surface area contributed by atoms with Crippen LogP contribution < -0.4 is 0 Å². The molecule has 0 saturated heterocycles. The number of benzene rings is 5. The van der Waals surface area contributed by atoms with Gasteiger partial charge in [-0.3, -0.25) is 0 Å². The van der Waals surface area contributed by atoms with E-state index in [0.29, 0.717) is 56.2 Å². The zero-order valence-electron chi connectivity index (χ0n) is 23.3. The molecule has 8 nitrogen and oxygen atoms in total. The first-order valence-electron chi connectivity index (χ1n) is 13.9. The first-order valence-corrected chi connectivity index (χ1v) is 13.9. The third kappa shape index (κ3) is 5.69. The van der Waals surface area contributed by atoms with Crippen molar-refractivity contribution in [3.63, 3.8) is 0 Å². The van der Waals surface area contributed by atoms with E-state index in [2.05, 4.69) is 9.97 Å². The van der Waals surface area contributed by atoms with E-state index >= 15 is 0 Å². The molecule has 0 N–H and O–H groups in total. The highest BCUT2D eigenvalue weighted by Crippen LogP contribution is 2.31. The lowest BCUT2D eigenvalue weighted by molar-refractivity contribution is 0.0464. The maximum absolute atomic E-state index is 12.5. The molecule has 44 heavy (non-hydrogen) atoms. The number of carbonyl (C=O) groups is 2. The molecule has 0 aliphatic carbocycles. The molecule has 214 valence electrons. The molecule has 5 aromatic carbocycles. The average molecular weight is 581 g/mol. The third-order valence-corrected chi connectivity index (χ3v) is 7.06. The summed E-state index contributed by atoms with van der Waals surface area (Å²) in [6.45, 7) is 0.414. The Bertz CT molecular complexity index is 1880. The number of esters is 2. The van der Waals surface area contributed by atoms with Gasteiger partial charge < -0.3 is 18.3 Å². The lowest BCUT2D eigenvalue weighted by atomic mass is 10.1. The van der Waals surface area contributed by atoms with Crippen LogP contribution in [0.25, 0.3) is 45.1 Å². The summed E-state index contributed by atoms with van der Waals surface area (Å²) in [5.74, 6) is 0.00863. The van der Waals surface area contributed by atoms with Crippen LogP contribution in [0, 0.1) is 0 Å². The van der Waals surface area contributed by atoms with Crippen molar-refractivity contribution in [3.8, 4) is 22.9 Å². The van der Waals surface area contributed by atoms with Crippen LogP contribution in [-0.2, 0) is 22.7 Å². The van der Waals surface area contributed by atoms with Gasteiger partial charge in [-0.05, 0) is 59.7 Å². The highest BCUT2D eigenvalue weighted by atomic mass is 16.5. The Kier molecular flexibility index (Phi) is 7.14. The van der Waals surface area contributed by atoms with Crippen molar-refractivity contribution in [1.29, 1.82) is 0 Å². The van der Waals surface area contributed by atoms with Gasteiger partial charge in [0.25, 0.3) is 0 Å². The van der Waals surface area contributed by atoms with Gasteiger partial charge in [0.1, 0.15) is 24.2 Å². The van der Waals surface area contributed by atoms with Gasteiger partial charge in [0.05, 0.1) is 11.1 Å². The van der Waals surface area contributed by atoms with Crippen molar-refractivity contribution in [2.75, 3.05) is 0 Å². The molecule has 0 radical (unpaired) electrons. The maximum atomic E-state index is 12.5. The molecule has 7 aromatic rings. The summed E-state index contributed by atoms with van der Waals surface area (Å²) in [4.78, 5) is 34.2. The predicted octanol–water partition coefficient (Wildman–Crippen LogP) is 8.02. The fourth-order valence-corrected chi connectivity index (χ4v) is 4.71. The third-order valence-electron chi connectivity index (χ3n) is 7.06. The van der Waals surface area contributed by atoms with Gasteiger partial charge in [0, 0.05) is 23.3 Å². The van der Waals surface area contributed by atoms with Crippen molar-refractivity contribution in [3.05, 3.63) is 144 Å². The summed E-state index contributed by atoms with van der Waals surface area (Å²) in [5.41, 5.74) is 6.47. The quantitative estimate of drug-likeness (QED) is 0.166. The minimum atomic E-state index is -0.405. The Morgan fingerprint density at radius 1 is 0.523 bits per heavy atom. The van der Waals surface area contributed by atoms with Crippen LogP contribution in [0.15, 0.2) is 130 Å². The minimum absolute atomic E-state index is 0.207. The van der Waals surface area contributed by atoms with Crippen LogP contribution in [0.5, 0.6) is 0 Å². The van der Waals surface area contributed by atoms with Crippen molar-refractivity contribution in [2.24, 2.45) is 0 Å².